The predicted molar refractivity (Wildman–Crippen MR) is 56.0 cm³/mol. The summed E-state index contributed by atoms with van der Waals surface area (Å²) >= 11 is 0. The zero-order valence-corrected chi connectivity index (χ0v) is 9.06. The molecule has 4 atom stereocenters. The summed E-state index contributed by atoms with van der Waals surface area (Å²) in [6.07, 6.45) is 4.61. The first-order valence-electron chi connectivity index (χ1n) is 5.81. The molecule has 5 nitrogen and oxygen atoms in total. The van der Waals surface area contributed by atoms with Gasteiger partial charge in [0.05, 0.1) is 0 Å². The molecule has 0 amide bonds. The lowest BCUT2D eigenvalue weighted by molar-refractivity contribution is -0.148. The number of fused-ring (bicyclic) bond motifs is 1. The van der Waals surface area contributed by atoms with Crippen LogP contribution in [0.1, 0.15) is 32.1 Å². The molecular weight excluding hydrogens is 210 g/mol. The number of hydrogen-bond donors (Lipinski definition) is 3. The Bertz CT molecular complexity index is 304. The van der Waals surface area contributed by atoms with Crippen LogP contribution in [0.5, 0.6) is 0 Å². The van der Waals surface area contributed by atoms with Gasteiger partial charge in [-0.15, -0.1) is 0 Å². The summed E-state index contributed by atoms with van der Waals surface area (Å²) in [6.45, 7) is 0. The summed E-state index contributed by atoms with van der Waals surface area (Å²) in [6, 6.07) is -1.37. The van der Waals surface area contributed by atoms with Crippen molar-refractivity contribution in [2.24, 2.45) is 11.8 Å². The third kappa shape index (κ3) is 2.04. The first kappa shape index (κ1) is 11.4. The van der Waals surface area contributed by atoms with Crippen LogP contribution >= 0.6 is 0 Å². The van der Waals surface area contributed by atoms with Gasteiger partial charge in [0, 0.05) is 0 Å². The van der Waals surface area contributed by atoms with Crippen LogP contribution in [0, 0.1) is 11.8 Å². The zero-order valence-electron chi connectivity index (χ0n) is 9.06. The molecule has 1 aliphatic carbocycles. The van der Waals surface area contributed by atoms with Gasteiger partial charge in [-0.2, -0.15) is 0 Å². The van der Waals surface area contributed by atoms with Crippen LogP contribution in [-0.2, 0) is 9.59 Å². The molecule has 90 valence electrons. The third-order valence-electron chi connectivity index (χ3n) is 3.88. The number of carbonyl (C=O) groups is 2. The Kier molecular flexibility index (Phi) is 3.14. The lowest BCUT2D eigenvalue weighted by Crippen LogP contribution is -2.58. The molecule has 2 rings (SSSR count). The van der Waals surface area contributed by atoms with Gasteiger partial charge in [0.15, 0.2) is 0 Å². The fourth-order valence-corrected chi connectivity index (χ4v) is 3.11. The molecule has 0 aromatic heterocycles. The fourth-order valence-electron chi connectivity index (χ4n) is 3.11. The Balaban J connectivity index is 2.15. The quantitative estimate of drug-likeness (QED) is 0.646. The highest BCUT2D eigenvalue weighted by Crippen LogP contribution is 2.38. The molecule has 2 aliphatic rings. The highest BCUT2D eigenvalue weighted by Gasteiger charge is 2.43. The average molecular weight is 227 g/mol. The lowest BCUT2D eigenvalue weighted by Gasteiger charge is -2.42. The van der Waals surface area contributed by atoms with Crippen LogP contribution in [0.25, 0.3) is 0 Å². The van der Waals surface area contributed by atoms with Gasteiger partial charge in [-0.05, 0) is 24.7 Å². The number of aliphatic carboxylic acids is 2. The molecule has 1 heterocycles. The van der Waals surface area contributed by atoms with Crippen LogP contribution in [0.3, 0.4) is 0 Å². The Morgan fingerprint density at radius 3 is 2.38 bits per heavy atom. The molecule has 5 heteroatoms. The van der Waals surface area contributed by atoms with Gasteiger partial charge in [-0.1, -0.05) is 19.3 Å². The maximum absolute atomic E-state index is 11.1. The molecule has 3 N–H and O–H groups in total. The highest BCUT2D eigenvalue weighted by molar-refractivity contribution is 5.78. The Hall–Kier alpha value is -1.10. The zero-order chi connectivity index (χ0) is 11.7. The molecule has 0 radical (unpaired) electrons. The van der Waals surface area contributed by atoms with E-state index in [4.69, 9.17) is 10.2 Å². The van der Waals surface area contributed by atoms with Crippen molar-refractivity contribution in [1.82, 2.24) is 5.32 Å². The Morgan fingerprint density at radius 1 is 1.06 bits per heavy atom. The minimum absolute atomic E-state index is 0.113. The smallest absolute Gasteiger partial charge is 0.321 e. The summed E-state index contributed by atoms with van der Waals surface area (Å²) in [4.78, 5) is 22.1. The minimum Gasteiger partial charge on any atom is -0.480 e. The Morgan fingerprint density at radius 2 is 1.75 bits per heavy atom. The fraction of sp³-hybridized carbons (Fsp3) is 0.818. The molecule has 0 aromatic rings. The predicted octanol–water partition coefficient (Wildman–Crippen LogP) is 0.692. The molecule has 16 heavy (non-hydrogen) atoms. The van der Waals surface area contributed by atoms with E-state index in [0.29, 0.717) is 6.42 Å². The standard InChI is InChI=1S/C11H17NO4/c13-10(14)8-5-6-3-1-2-4-7(6)9(12-8)11(15)16/h6-9,12H,1-5H2,(H,13,14)(H,15,16). The third-order valence-corrected chi connectivity index (χ3v) is 3.88. The van der Waals surface area contributed by atoms with Crippen molar-refractivity contribution in [3.05, 3.63) is 0 Å². The maximum atomic E-state index is 11.1. The van der Waals surface area contributed by atoms with Gasteiger partial charge in [0.25, 0.3) is 0 Å². The van der Waals surface area contributed by atoms with E-state index < -0.39 is 24.0 Å². The van der Waals surface area contributed by atoms with E-state index in [-0.39, 0.29) is 11.8 Å². The molecule has 1 aliphatic heterocycles. The van der Waals surface area contributed by atoms with Crippen molar-refractivity contribution in [1.29, 1.82) is 0 Å². The largest absolute Gasteiger partial charge is 0.480 e. The van der Waals surface area contributed by atoms with E-state index in [9.17, 15) is 9.59 Å². The van der Waals surface area contributed by atoms with E-state index in [1.54, 1.807) is 0 Å². The van der Waals surface area contributed by atoms with Crippen LogP contribution in [0.2, 0.25) is 0 Å². The van der Waals surface area contributed by atoms with E-state index >= 15 is 0 Å². The summed E-state index contributed by atoms with van der Waals surface area (Å²) in [5.74, 6) is -1.47. The molecule has 1 saturated heterocycles. The van der Waals surface area contributed by atoms with Crippen LogP contribution < -0.4 is 5.32 Å². The lowest BCUT2D eigenvalue weighted by atomic mass is 9.70. The van der Waals surface area contributed by atoms with Crippen LogP contribution in [0.15, 0.2) is 0 Å². The second-order valence-corrected chi connectivity index (χ2v) is 4.82. The van der Waals surface area contributed by atoms with Crippen LogP contribution in [-0.4, -0.2) is 34.2 Å². The van der Waals surface area contributed by atoms with Crippen molar-refractivity contribution in [2.45, 2.75) is 44.2 Å². The SMILES string of the molecule is O=C(O)C1CC2CCCCC2C(C(=O)O)N1. The van der Waals surface area contributed by atoms with Crippen LogP contribution in [0.4, 0.5) is 0 Å². The van der Waals surface area contributed by atoms with Gasteiger partial charge in [-0.3, -0.25) is 14.9 Å². The first-order valence-corrected chi connectivity index (χ1v) is 5.81. The first-order chi connectivity index (χ1) is 7.59. The van der Waals surface area contributed by atoms with Gasteiger partial charge >= 0.3 is 11.9 Å². The summed E-state index contributed by atoms with van der Waals surface area (Å²) in [5.41, 5.74) is 0. The number of carboxylic acid groups (broad SMARTS) is 2. The van der Waals surface area contributed by atoms with Crippen molar-refractivity contribution < 1.29 is 19.8 Å². The van der Waals surface area contributed by atoms with Crippen molar-refractivity contribution >= 4 is 11.9 Å². The molecule has 0 spiro atoms. The van der Waals surface area contributed by atoms with Gasteiger partial charge < -0.3 is 10.2 Å². The molecule has 4 unspecified atom stereocenters. The number of hydrogen-bond acceptors (Lipinski definition) is 3. The minimum atomic E-state index is -0.935. The molecule has 0 bridgehead atoms. The van der Waals surface area contributed by atoms with Crippen molar-refractivity contribution in [2.75, 3.05) is 0 Å². The van der Waals surface area contributed by atoms with Crippen molar-refractivity contribution in [3.8, 4) is 0 Å². The number of piperidine rings is 1. The average Bonchev–Trinajstić information content (AvgIpc) is 2.27. The monoisotopic (exact) mass is 227 g/mol. The Labute approximate surface area is 93.8 Å². The second-order valence-electron chi connectivity index (χ2n) is 4.82. The van der Waals surface area contributed by atoms with E-state index in [0.717, 1.165) is 25.7 Å². The number of nitrogens with one attached hydrogen (secondary N) is 1. The summed E-state index contributed by atoms with van der Waals surface area (Å²) < 4.78 is 0. The summed E-state index contributed by atoms with van der Waals surface area (Å²) in [7, 11) is 0. The second kappa shape index (κ2) is 4.41. The van der Waals surface area contributed by atoms with Gasteiger partial charge in [0.2, 0.25) is 0 Å². The molecular formula is C11H17NO4. The highest BCUT2D eigenvalue weighted by atomic mass is 16.4. The normalized spacial score (nSPS) is 38.8. The number of carboxylic acids is 2. The van der Waals surface area contributed by atoms with E-state index in [1.807, 2.05) is 0 Å². The molecule has 1 saturated carbocycles. The van der Waals surface area contributed by atoms with Gasteiger partial charge in [0.1, 0.15) is 12.1 Å². The van der Waals surface area contributed by atoms with E-state index in [1.165, 1.54) is 0 Å². The molecule has 0 aromatic carbocycles. The number of rotatable bonds is 2. The van der Waals surface area contributed by atoms with E-state index in [2.05, 4.69) is 5.32 Å². The van der Waals surface area contributed by atoms with Crippen molar-refractivity contribution in [3.63, 3.8) is 0 Å². The molecule has 2 fully saturated rings. The topological polar surface area (TPSA) is 86.6 Å². The maximum Gasteiger partial charge on any atom is 0.321 e. The summed E-state index contributed by atoms with van der Waals surface area (Å²) in [5, 5.41) is 20.8. The van der Waals surface area contributed by atoms with Gasteiger partial charge in [-0.25, -0.2) is 0 Å².